The number of ether oxygens (including phenoxy) is 2. The average Bonchev–Trinajstić information content (AvgIpc) is 3.10. The molecular formula is C18H17N3O4. The standard InChI is InChI=1S/C18H17N3O4/c1-3-25-18(23)15-9-14(10-21-17(15)19-11-20-21)13-6-4-12(5-7-13)8-16(22)24-2/h4-7,9-11H,3,8H2,1-2H3. The highest BCUT2D eigenvalue weighted by Crippen LogP contribution is 2.23. The summed E-state index contributed by atoms with van der Waals surface area (Å²) in [6.07, 6.45) is 3.40. The van der Waals surface area contributed by atoms with Crippen molar-refractivity contribution in [3.05, 3.63) is 54.0 Å². The van der Waals surface area contributed by atoms with Crippen molar-refractivity contribution in [2.45, 2.75) is 13.3 Å². The number of hydrogen-bond donors (Lipinski definition) is 0. The number of carbonyl (C=O) groups excluding carboxylic acids is 2. The molecule has 0 fully saturated rings. The molecule has 0 aliphatic heterocycles. The second-order valence-corrected chi connectivity index (χ2v) is 5.34. The van der Waals surface area contributed by atoms with E-state index in [1.165, 1.54) is 13.4 Å². The van der Waals surface area contributed by atoms with E-state index >= 15 is 0 Å². The van der Waals surface area contributed by atoms with Gasteiger partial charge in [0.15, 0.2) is 5.65 Å². The Morgan fingerprint density at radius 2 is 1.92 bits per heavy atom. The first-order valence-electron chi connectivity index (χ1n) is 7.79. The van der Waals surface area contributed by atoms with Gasteiger partial charge in [0.05, 0.1) is 20.1 Å². The van der Waals surface area contributed by atoms with Crippen LogP contribution in [0.3, 0.4) is 0 Å². The highest BCUT2D eigenvalue weighted by atomic mass is 16.5. The van der Waals surface area contributed by atoms with Gasteiger partial charge in [0, 0.05) is 11.8 Å². The number of pyridine rings is 1. The molecule has 1 aromatic carbocycles. The molecule has 2 aromatic heterocycles. The molecule has 3 rings (SSSR count). The summed E-state index contributed by atoms with van der Waals surface area (Å²) in [7, 11) is 1.36. The maximum atomic E-state index is 12.2. The Kier molecular flexibility index (Phi) is 4.74. The molecule has 0 spiro atoms. The van der Waals surface area contributed by atoms with Crippen LogP contribution in [-0.2, 0) is 20.7 Å². The van der Waals surface area contributed by atoms with Crippen LogP contribution < -0.4 is 0 Å². The predicted molar refractivity (Wildman–Crippen MR) is 90.1 cm³/mol. The van der Waals surface area contributed by atoms with Gasteiger partial charge < -0.3 is 9.47 Å². The van der Waals surface area contributed by atoms with Crippen molar-refractivity contribution in [1.29, 1.82) is 0 Å². The topological polar surface area (TPSA) is 82.8 Å². The first kappa shape index (κ1) is 16.6. The molecule has 0 saturated carbocycles. The van der Waals surface area contributed by atoms with Gasteiger partial charge in [-0.15, -0.1) is 0 Å². The van der Waals surface area contributed by atoms with Crippen LogP contribution in [0.5, 0.6) is 0 Å². The maximum Gasteiger partial charge on any atom is 0.342 e. The first-order chi connectivity index (χ1) is 12.1. The molecule has 128 valence electrons. The quantitative estimate of drug-likeness (QED) is 0.663. The lowest BCUT2D eigenvalue weighted by Crippen LogP contribution is -2.08. The predicted octanol–water partition coefficient (Wildman–Crippen LogP) is 2.29. The second-order valence-electron chi connectivity index (χ2n) is 5.34. The fraction of sp³-hybridized carbons (Fsp3) is 0.222. The second kappa shape index (κ2) is 7.12. The van der Waals surface area contributed by atoms with Gasteiger partial charge in [-0.2, -0.15) is 5.10 Å². The maximum absolute atomic E-state index is 12.2. The molecular weight excluding hydrogens is 322 g/mol. The summed E-state index contributed by atoms with van der Waals surface area (Å²) in [6.45, 7) is 2.04. The Bertz CT molecular complexity index is 916. The highest BCUT2D eigenvalue weighted by Gasteiger charge is 2.16. The minimum atomic E-state index is -0.440. The molecule has 7 nitrogen and oxygen atoms in total. The van der Waals surface area contributed by atoms with Crippen molar-refractivity contribution in [3.63, 3.8) is 0 Å². The number of hydrogen-bond acceptors (Lipinski definition) is 6. The van der Waals surface area contributed by atoms with Crippen LogP contribution in [-0.4, -0.2) is 40.3 Å². The van der Waals surface area contributed by atoms with Crippen LogP contribution in [0.4, 0.5) is 0 Å². The minimum absolute atomic E-state index is 0.215. The van der Waals surface area contributed by atoms with E-state index in [1.54, 1.807) is 23.7 Å². The fourth-order valence-electron chi connectivity index (χ4n) is 2.50. The van der Waals surface area contributed by atoms with Gasteiger partial charge in [-0.25, -0.2) is 14.3 Å². The van der Waals surface area contributed by atoms with E-state index in [4.69, 9.17) is 4.74 Å². The lowest BCUT2D eigenvalue weighted by atomic mass is 10.0. The molecule has 0 amide bonds. The minimum Gasteiger partial charge on any atom is -0.469 e. The number of aromatic nitrogens is 3. The van der Waals surface area contributed by atoms with Crippen LogP contribution in [0.25, 0.3) is 16.8 Å². The van der Waals surface area contributed by atoms with Gasteiger partial charge in [-0.05, 0) is 24.1 Å². The van der Waals surface area contributed by atoms with Gasteiger partial charge >= 0.3 is 11.9 Å². The largest absolute Gasteiger partial charge is 0.469 e. The van der Waals surface area contributed by atoms with E-state index in [0.717, 1.165) is 16.7 Å². The number of fused-ring (bicyclic) bond motifs is 1. The molecule has 3 aromatic rings. The number of methoxy groups -OCH3 is 1. The third-order valence-corrected chi connectivity index (χ3v) is 3.73. The zero-order chi connectivity index (χ0) is 17.8. The Balaban J connectivity index is 1.98. The monoisotopic (exact) mass is 339 g/mol. The van der Waals surface area contributed by atoms with E-state index < -0.39 is 5.97 Å². The third-order valence-electron chi connectivity index (χ3n) is 3.73. The Labute approximate surface area is 144 Å². The molecule has 2 heterocycles. The van der Waals surface area contributed by atoms with Crippen molar-refractivity contribution in [2.75, 3.05) is 13.7 Å². The van der Waals surface area contributed by atoms with Crippen molar-refractivity contribution < 1.29 is 19.1 Å². The average molecular weight is 339 g/mol. The summed E-state index contributed by atoms with van der Waals surface area (Å²) < 4.78 is 11.3. The number of esters is 2. The zero-order valence-electron chi connectivity index (χ0n) is 13.9. The van der Waals surface area contributed by atoms with Crippen molar-refractivity contribution in [1.82, 2.24) is 14.6 Å². The Morgan fingerprint density at radius 3 is 2.60 bits per heavy atom. The van der Waals surface area contributed by atoms with Gasteiger partial charge in [0.25, 0.3) is 0 Å². The van der Waals surface area contributed by atoms with Gasteiger partial charge in [0.1, 0.15) is 11.9 Å². The van der Waals surface area contributed by atoms with Gasteiger partial charge in [-0.3, -0.25) is 4.79 Å². The zero-order valence-corrected chi connectivity index (χ0v) is 13.9. The molecule has 0 aliphatic rings. The number of rotatable bonds is 5. The fourth-order valence-corrected chi connectivity index (χ4v) is 2.50. The van der Waals surface area contributed by atoms with Crippen molar-refractivity contribution in [3.8, 4) is 11.1 Å². The number of carbonyl (C=O) groups is 2. The molecule has 25 heavy (non-hydrogen) atoms. The summed E-state index contributed by atoms with van der Waals surface area (Å²) in [5.41, 5.74) is 3.34. The number of benzene rings is 1. The first-order valence-corrected chi connectivity index (χ1v) is 7.79. The van der Waals surface area contributed by atoms with Crippen LogP contribution in [0.1, 0.15) is 22.8 Å². The third kappa shape index (κ3) is 3.50. The molecule has 0 bridgehead atoms. The molecule has 0 saturated heterocycles. The molecule has 0 atom stereocenters. The Hall–Kier alpha value is -3.22. The van der Waals surface area contributed by atoms with Crippen molar-refractivity contribution >= 4 is 17.6 Å². The van der Waals surface area contributed by atoms with Crippen LogP contribution in [0.15, 0.2) is 42.9 Å². The van der Waals surface area contributed by atoms with E-state index in [2.05, 4.69) is 14.8 Å². The molecule has 0 unspecified atom stereocenters. The van der Waals surface area contributed by atoms with E-state index in [9.17, 15) is 9.59 Å². The molecule has 7 heteroatoms. The van der Waals surface area contributed by atoms with Gasteiger partial charge in [0.2, 0.25) is 0 Å². The summed E-state index contributed by atoms with van der Waals surface area (Å²) in [5.74, 6) is -0.731. The number of nitrogens with zero attached hydrogens (tertiary/aromatic N) is 3. The molecule has 0 aliphatic carbocycles. The van der Waals surface area contributed by atoms with Gasteiger partial charge in [-0.1, -0.05) is 24.3 Å². The normalized spacial score (nSPS) is 10.6. The summed E-state index contributed by atoms with van der Waals surface area (Å²) in [6, 6.07) is 9.19. The summed E-state index contributed by atoms with van der Waals surface area (Å²) in [4.78, 5) is 27.6. The van der Waals surface area contributed by atoms with Crippen LogP contribution in [0, 0.1) is 0 Å². The van der Waals surface area contributed by atoms with E-state index in [0.29, 0.717) is 11.2 Å². The van der Waals surface area contributed by atoms with Crippen LogP contribution >= 0.6 is 0 Å². The summed E-state index contributed by atoms with van der Waals surface area (Å²) in [5, 5.41) is 4.11. The molecule has 0 radical (unpaired) electrons. The smallest absolute Gasteiger partial charge is 0.342 e. The highest BCUT2D eigenvalue weighted by molar-refractivity contribution is 5.97. The lowest BCUT2D eigenvalue weighted by molar-refractivity contribution is -0.139. The lowest BCUT2D eigenvalue weighted by Gasteiger charge is -2.08. The van der Waals surface area contributed by atoms with Crippen molar-refractivity contribution in [2.24, 2.45) is 0 Å². The Morgan fingerprint density at radius 1 is 1.16 bits per heavy atom. The van der Waals surface area contributed by atoms with Crippen LogP contribution in [0.2, 0.25) is 0 Å². The van der Waals surface area contributed by atoms with E-state index in [-0.39, 0.29) is 19.0 Å². The SMILES string of the molecule is CCOC(=O)c1cc(-c2ccc(CC(=O)OC)cc2)cn2ncnc12. The van der Waals surface area contributed by atoms with E-state index in [1.807, 2.05) is 24.3 Å². The molecule has 0 N–H and O–H groups in total. The summed E-state index contributed by atoms with van der Waals surface area (Å²) >= 11 is 0.